The molecule has 1 aromatic heterocycles. The van der Waals surface area contributed by atoms with Crippen LogP contribution in [0.2, 0.25) is 0 Å². The standard InChI is InChI=1S/C15H13O2.ClHO4/c1-2-16-14-9-10-17-15-12-6-4-3-5-11(12)7-8-13(14)15;2-1(3,4)5/h3-10H,2H2,1H3;(H,2,3,4,5)/q+1;/p-1. The molecule has 0 amide bonds. The van der Waals surface area contributed by atoms with Gasteiger partial charge in [-0.15, -0.1) is 10.2 Å². The second-order valence-electron chi connectivity index (χ2n) is 4.26. The SMILES string of the molecule is CCOc1cc[o+]c2c1ccc1ccccc12.[O-][Cl+3]([O-])([O-])[O-]. The third-order valence-corrected chi connectivity index (χ3v) is 2.85. The van der Waals surface area contributed by atoms with E-state index in [0.717, 1.165) is 22.1 Å². The van der Waals surface area contributed by atoms with Crippen molar-refractivity contribution >= 4 is 21.7 Å². The molecule has 0 aliphatic rings. The zero-order chi connectivity index (χ0) is 16.2. The van der Waals surface area contributed by atoms with Crippen LogP contribution >= 0.6 is 0 Å². The molecule has 0 aliphatic carbocycles. The molecule has 3 rings (SSSR count). The Morgan fingerprint density at radius 2 is 1.64 bits per heavy atom. The third kappa shape index (κ3) is 4.27. The Kier molecular flexibility index (Phi) is 5.12. The van der Waals surface area contributed by atoms with Crippen LogP contribution in [-0.2, 0) is 0 Å². The highest BCUT2D eigenvalue weighted by atomic mass is 35.7. The maximum atomic E-state index is 8.49. The zero-order valence-electron chi connectivity index (χ0n) is 11.7. The van der Waals surface area contributed by atoms with Gasteiger partial charge in [-0.1, -0.05) is 24.3 Å². The van der Waals surface area contributed by atoms with Crippen LogP contribution in [0.4, 0.5) is 0 Å². The van der Waals surface area contributed by atoms with Crippen molar-refractivity contribution in [3.05, 3.63) is 48.7 Å². The molecule has 0 saturated carbocycles. The van der Waals surface area contributed by atoms with Crippen LogP contribution in [0.1, 0.15) is 6.92 Å². The van der Waals surface area contributed by atoms with E-state index in [0.29, 0.717) is 6.61 Å². The fourth-order valence-corrected chi connectivity index (χ4v) is 2.10. The van der Waals surface area contributed by atoms with Crippen molar-refractivity contribution < 1.29 is 38.0 Å². The first kappa shape index (κ1) is 16.4. The number of ether oxygens (including phenoxy) is 1. The molecule has 7 heteroatoms. The summed E-state index contributed by atoms with van der Waals surface area (Å²) in [6.07, 6.45) is 1.68. The van der Waals surface area contributed by atoms with Gasteiger partial charge in [-0.05, 0) is 24.4 Å². The Morgan fingerprint density at radius 1 is 0.955 bits per heavy atom. The summed E-state index contributed by atoms with van der Waals surface area (Å²) >= 11 is 0. The van der Waals surface area contributed by atoms with E-state index in [1.807, 2.05) is 31.2 Å². The monoisotopic (exact) mass is 324 g/mol. The average molecular weight is 325 g/mol. The van der Waals surface area contributed by atoms with Gasteiger partial charge in [0.15, 0.2) is 0 Å². The van der Waals surface area contributed by atoms with Gasteiger partial charge >= 0.3 is 11.8 Å². The van der Waals surface area contributed by atoms with E-state index in [1.165, 1.54) is 5.39 Å². The van der Waals surface area contributed by atoms with E-state index in [1.54, 1.807) is 6.26 Å². The van der Waals surface area contributed by atoms with Crippen LogP contribution in [0.3, 0.4) is 0 Å². The number of hydrogen-bond acceptors (Lipinski definition) is 5. The van der Waals surface area contributed by atoms with E-state index < -0.39 is 10.2 Å². The van der Waals surface area contributed by atoms with Gasteiger partial charge in [-0.25, -0.2) is 23.1 Å². The van der Waals surface area contributed by atoms with Crippen LogP contribution in [0.15, 0.2) is 53.1 Å². The van der Waals surface area contributed by atoms with Gasteiger partial charge in [-0.2, -0.15) is 0 Å². The summed E-state index contributed by atoms with van der Waals surface area (Å²) in [7, 11) is -4.94. The summed E-state index contributed by atoms with van der Waals surface area (Å²) < 4.78 is 45.2. The molecular weight excluding hydrogens is 312 g/mol. The first-order valence-electron chi connectivity index (χ1n) is 6.37. The van der Waals surface area contributed by atoms with Crippen molar-refractivity contribution in [2.45, 2.75) is 6.92 Å². The summed E-state index contributed by atoms with van der Waals surface area (Å²) in [6.45, 7) is 2.64. The molecule has 2 aromatic carbocycles. The van der Waals surface area contributed by atoms with Crippen LogP contribution < -0.4 is 23.4 Å². The van der Waals surface area contributed by atoms with Gasteiger partial charge in [0, 0.05) is 0 Å². The van der Waals surface area contributed by atoms with Crippen molar-refractivity contribution in [1.82, 2.24) is 0 Å². The van der Waals surface area contributed by atoms with Gasteiger partial charge in [0.1, 0.15) is 11.1 Å². The quantitative estimate of drug-likeness (QED) is 0.464. The Balaban J connectivity index is 0.000000309. The van der Waals surface area contributed by atoms with E-state index >= 15 is 0 Å². The predicted octanol–water partition coefficient (Wildman–Crippen LogP) is -0.490. The van der Waals surface area contributed by atoms with Crippen molar-refractivity contribution in [3.63, 3.8) is 0 Å². The molecule has 0 bridgehead atoms. The number of benzene rings is 2. The minimum Gasteiger partial charge on any atom is -0.493 e. The van der Waals surface area contributed by atoms with E-state index in [-0.39, 0.29) is 0 Å². The first-order chi connectivity index (χ1) is 10.4. The molecule has 0 spiro atoms. The summed E-state index contributed by atoms with van der Waals surface area (Å²) in [4.78, 5) is 0. The minimum atomic E-state index is -4.94. The normalized spacial score (nSPS) is 11.1. The van der Waals surface area contributed by atoms with Crippen LogP contribution in [0.5, 0.6) is 5.75 Å². The van der Waals surface area contributed by atoms with Crippen molar-refractivity contribution in [3.8, 4) is 5.75 Å². The van der Waals surface area contributed by atoms with Crippen LogP contribution in [0.25, 0.3) is 21.7 Å². The second kappa shape index (κ2) is 6.87. The highest BCUT2D eigenvalue weighted by Gasteiger charge is 2.14. The number of halogens is 1. The Morgan fingerprint density at radius 3 is 2.32 bits per heavy atom. The third-order valence-electron chi connectivity index (χ3n) is 2.85. The smallest absolute Gasteiger partial charge is 0.371 e. The Labute approximate surface area is 128 Å². The topological polar surface area (TPSA) is 113 Å². The fraction of sp³-hybridized carbons (Fsp3) is 0.133. The second-order valence-corrected chi connectivity index (χ2v) is 5.02. The van der Waals surface area contributed by atoms with Crippen molar-refractivity contribution in [2.24, 2.45) is 0 Å². The van der Waals surface area contributed by atoms with E-state index in [4.69, 9.17) is 27.8 Å². The summed E-state index contributed by atoms with van der Waals surface area (Å²) in [6, 6.07) is 14.2. The molecular formula is C15H13ClO6. The van der Waals surface area contributed by atoms with E-state index in [9.17, 15) is 0 Å². The lowest BCUT2D eigenvalue weighted by Crippen LogP contribution is -2.68. The lowest BCUT2D eigenvalue weighted by atomic mass is 10.1. The molecule has 0 aliphatic heterocycles. The maximum absolute atomic E-state index is 8.49. The molecule has 0 saturated heterocycles. The summed E-state index contributed by atoms with van der Waals surface area (Å²) in [5.41, 5.74) is 0.883. The number of fused-ring (bicyclic) bond motifs is 3. The number of hydrogen-bond donors (Lipinski definition) is 0. The van der Waals surface area contributed by atoms with Gasteiger partial charge in [0.05, 0.1) is 18.1 Å². The maximum Gasteiger partial charge on any atom is 0.371 e. The lowest BCUT2D eigenvalue weighted by Gasteiger charge is -2.17. The van der Waals surface area contributed by atoms with Gasteiger partial charge in [0.25, 0.3) is 0 Å². The molecule has 0 atom stereocenters. The lowest BCUT2D eigenvalue weighted by molar-refractivity contribution is -2.00. The number of rotatable bonds is 2. The molecule has 116 valence electrons. The summed E-state index contributed by atoms with van der Waals surface area (Å²) in [5, 5.41) is 3.32. The summed E-state index contributed by atoms with van der Waals surface area (Å²) in [5.74, 6) is 0.875. The van der Waals surface area contributed by atoms with Crippen molar-refractivity contribution in [2.75, 3.05) is 6.61 Å². The Hall–Kier alpha value is -1.96. The van der Waals surface area contributed by atoms with Gasteiger partial charge in [0.2, 0.25) is 0 Å². The average Bonchev–Trinajstić information content (AvgIpc) is 2.46. The highest BCUT2D eigenvalue weighted by Crippen LogP contribution is 2.31. The molecule has 0 N–H and O–H groups in total. The zero-order valence-corrected chi connectivity index (χ0v) is 12.4. The molecule has 3 aromatic rings. The minimum absolute atomic E-state index is 0.659. The molecule has 0 fully saturated rings. The molecule has 6 nitrogen and oxygen atoms in total. The highest BCUT2D eigenvalue weighted by molar-refractivity contribution is 6.05. The van der Waals surface area contributed by atoms with E-state index in [2.05, 4.69) is 18.2 Å². The van der Waals surface area contributed by atoms with Gasteiger partial charge < -0.3 is 4.74 Å². The van der Waals surface area contributed by atoms with Gasteiger partial charge in [-0.3, -0.25) is 0 Å². The first-order valence-corrected chi connectivity index (χ1v) is 7.60. The largest absolute Gasteiger partial charge is 0.493 e. The molecule has 0 unspecified atom stereocenters. The molecule has 1 heterocycles. The molecule has 22 heavy (non-hydrogen) atoms. The molecule has 0 radical (unpaired) electrons. The van der Waals surface area contributed by atoms with Crippen LogP contribution in [0, 0.1) is 10.2 Å². The predicted molar refractivity (Wildman–Crippen MR) is 69.3 cm³/mol. The fourth-order valence-electron chi connectivity index (χ4n) is 2.10. The Bertz CT molecular complexity index is 763. The van der Waals surface area contributed by atoms with Crippen LogP contribution in [-0.4, -0.2) is 6.61 Å². The van der Waals surface area contributed by atoms with Crippen molar-refractivity contribution in [1.29, 1.82) is 0 Å².